The number of nitrogens with zero attached hydrogens (tertiary/aromatic N) is 1. The van der Waals surface area contributed by atoms with E-state index in [-0.39, 0.29) is 24.2 Å². The number of hydrogen-bond acceptors (Lipinski definition) is 3. The smallest absolute Gasteiger partial charge is 0.254 e. The fourth-order valence-electron chi connectivity index (χ4n) is 2.76. The van der Waals surface area contributed by atoms with Crippen molar-refractivity contribution in [1.82, 2.24) is 4.90 Å². The second-order valence-electron chi connectivity index (χ2n) is 5.86. The molecule has 23 heavy (non-hydrogen) atoms. The molecule has 1 aromatic rings. The van der Waals surface area contributed by atoms with E-state index in [1.54, 1.807) is 6.07 Å². The van der Waals surface area contributed by atoms with E-state index in [9.17, 15) is 9.59 Å². The standard InChI is InChI=1S/C17H25N3O2.ClH/c1-3-7-14(18)16(21)19-15-9-6-8-13(12(15)2)17(22)20-10-4-5-11-20;/h6,8-9,14H,3-5,7,10-11,18H2,1-2H3,(H,19,21);1H. The molecule has 0 aliphatic carbocycles. The van der Waals surface area contributed by atoms with Gasteiger partial charge in [-0.15, -0.1) is 12.4 Å². The van der Waals surface area contributed by atoms with Crippen LogP contribution < -0.4 is 11.1 Å². The molecule has 0 spiro atoms. The van der Waals surface area contributed by atoms with Crippen LogP contribution in [0.15, 0.2) is 18.2 Å². The molecule has 1 unspecified atom stereocenters. The Labute approximate surface area is 144 Å². The molecular formula is C17H26ClN3O2. The van der Waals surface area contributed by atoms with Gasteiger partial charge < -0.3 is 16.0 Å². The average Bonchev–Trinajstić information content (AvgIpc) is 3.03. The van der Waals surface area contributed by atoms with Gasteiger partial charge in [0.15, 0.2) is 0 Å². The van der Waals surface area contributed by atoms with Crippen LogP contribution in [0.5, 0.6) is 0 Å². The molecule has 2 amide bonds. The molecule has 1 saturated heterocycles. The highest BCUT2D eigenvalue weighted by Gasteiger charge is 2.22. The first-order chi connectivity index (χ1) is 10.5. The summed E-state index contributed by atoms with van der Waals surface area (Å²) in [6, 6.07) is 4.92. The maximum Gasteiger partial charge on any atom is 0.254 e. The van der Waals surface area contributed by atoms with Crippen LogP contribution in [0.1, 0.15) is 48.5 Å². The zero-order valence-corrected chi connectivity index (χ0v) is 14.6. The van der Waals surface area contributed by atoms with Gasteiger partial charge in [-0.05, 0) is 43.9 Å². The summed E-state index contributed by atoms with van der Waals surface area (Å²) in [4.78, 5) is 26.5. The molecule has 2 rings (SSSR count). The molecule has 1 aromatic carbocycles. The number of rotatable bonds is 5. The van der Waals surface area contributed by atoms with Crippen LogP contribution in [0, 0.1) is 6.92 Å². The van der Waals surface area contributed by atoms with Crippen LogP contribution in [0.4, 0.5) is 5.69 Å². The van der Waals surface area contributed by atoms with Crippen molar-refractivity contribution in [3.63, 3.8) is 0 Å². The quantitative estimate of drug-likeness (QED) is 0.866. The summed E-state index contributed by atoms with van der Waals surface area (Å²) in [5, 5.41) is 2.85. The summed E-state index contributed by atoms with van der Waals surface area (Å²) >= 11 is 0. The summed E-state index contributed by atoms with van der Waals surface area (Å²) in [5.74, 6) is -0.153. The third-order valence-electron chi connectivity index (χ3n) is 4.15. The van der Waals surface area contributed by atoms with Gasteiger partial charge in [-0.3, -0.25) is 9.59 Å². The summed E-state index contributed by atoms with van der Waals surface area (Å²) in [6.45, 7) is 5.49. The Balaban J connectivity index is 0.00000264. The van der Waals surface area contributed by atoms with Crippen LogP contribution in [0.2, 0.25) is 0 Å². The topological polar surface area (TPSA) is 75.4 Å². The van der Waals surface area contributed by atoms with E-state index < -0.39 is 6.04 Å². The van der Waals surface area contributed by atoms with Crippen LogP contribution in [-0.2, 0) is 4.79 Å². The number of nitrogens with two attached hydrogens (primary N) is 1. The molecule has 128 valence electrons. The van der Waals surface area contributed by atoms with Crippen molar-refractivity contribution in [2.75, 3.05) is 18.4 Å². The molecule has 6 heteroatoms. The number of halogens is 1. The number of likely N-dealkylation sites (tertiary alicyclic amines) is 1. The SMILES string of the molecule is CCCC(N)C(=O)Nc1cccc(C(=O)N2CCCC2)c1C.Cl. The highest BCUT2D eigenvalue weighted by atomic mass is 35.5. The third kappa shape index (κ3) is 4.69. The van der Waals surface area contributed by atoms with Crippen molar-refractivity contribution >= 4 is 29.9 Å². The number of carbonyl (C=O) groups excluding carboxylic acids is 2. The van der Waals surface area contributed by atoms with Gasteiger partial charge in [0.1, 0.15) is 0 Å². The van der Waals surface area contributed by atoms with Crippen molar-refractivity contribution in [2.45, 2.75) is 45.6 Å². The predicted octanol–water partition coefficient (Wildman–Crippen LogP) is 2.72. The lowest BCUT2D eigenvalue weighted by Crippen LogP contribution is -2.35. The zero-order valence-electron chi connectivity index (χ0n) is 13.8. The second-order valence-corrected chi connectivity index (χ2v) is 5.86. The zero-order chi connectivity index (χ0) is 16.1. The van der Waals surface area contributed by atoms with Gasteiger partial charge in [-0.25, -0.2) is 0 Å². The molecule has 1 fully saturated rings. The van der Waals surface area contributed by atoms with Gasteiger partial charge in [0.25, 0.3) is 5.91 Å². The fraction of sp³-hybridized carbons (Fsp3) is 0.529. The summed E-state index contributed by atoms with van der Waals surface area (Å²) in [7, 11) is 0. The number of anilines is 1. The van der Waals surface area contributed by atoms with E-state index >= 15 is 0 Å². The first-order valence-corrected chi connectivity index (χ1v) is 8.00. The van der Waals surface area contributed by atoms with Gasteiger partial charge in [-0.2, -0.15) is 0 Å². The van der Waals surface area contributed by atoms with E-state index in [1.165, 1.54) is 0 Å². The van der Waals surface area contributed by atoms with Crippen LogP contribution >= 0.6 is 12.4 Å². The van der Waals surface area contributed by atoms with Crippen molar-refractivity contribution in [2.24, 2.45) is 5.73 Å². The Morgan fingerprint density at radius 1 is 1.30 bits per heavy atom. The van der Waals surface area contributed by atoms with Gasteiger partial charge in [0.05, 0.1) is 6.04 Å². The minimum absolute atomic E-state index is 0. The lowest BCUT2D eigenvalue weighted by atomic mass is 10.0. The minimum Gasteiger partial charge on any atom is -0.339 e. The minimum atomic E-state index is -0.512. The van der Waals surface area contributed by atoms with Gasteiger partial charge in [-0.1, -0.05) is 19.4 Å². The Kier molecular flexibility index (Phi) is 7.52. The largest absolute Gasteiger partial charge is 0.339 e. The highest BCUT2D eigenvalue weighted by molar-refractivity contribution is 6.00. The van der Waals surface area contributed by atoms with Crippen LogP contribution in [0.3, 0.4) is 0 Å². The fourth-order valence-corrected chi connectivity index (χ4v) is 2.76. The number of benzene rings is 1. The normalized spacial score (nSPS) is 15.0. The monoisotopic (exact) mass is 339 g/mol. The first-order valence-electron chi connectivity index (χ1n) is 8.00. The lowest BCUT2D eigenvalue weighted by Gasteiger charge is -2.19. The number of hydrogen-bond donors (Lipinski definition) is 2. The summed E-state index contributed by atoms with van der Waals surface area (Å²) in [5.41, 5.74) is 7.96. The van der Waals surface area contributed by atoms with Gasteiger partial charge >= 0.3 is 0 Å². The van der Waals surface area contributed by atoms with Gasteiger partial charge in [0.2, 0.25) is 5.91 Å². The molecule has 1 aliphatic heterocycles. The van der Waals surface area contributed by atoms with Crippen LogP contribution in [-0.4, -0.2) is 35.8 Å². The molecule has 1 aliphatic rings. The van der Waals surface area contributed by atoms with Crippen molar-refractivity contribution in [3.8, 4) is 0 Å². The van der Waals surface area contributed by atoms with Crippen molar-refractivity contribution in [3.05, 3.63) is 29.3 Å². The second kappa shape index (κ2) is 8.89. The summed E-state index contributed by atoms with van der Waals surface area (Å²) < 4.78 is 0. The van der Waals surface area contributed by atoms with Gasteiger partial charge in [0, 0.05) is 24.3 Å². The molecule has 0 saturated carbocycles. The first kappa shape index (κ1) is 19.5. The molecular weight excluding hydrogens is 314 g/mol. The highest BCUT2D eigenvalue weighted by Crippen LogP contribution is 2.22. The molecule has 5 nitrogen and oxygen atoms in total. The number of amides is 2. The Bertz CT molecular complexity index is 557. The third-order valence-corrected chi connectivity index (χ3v) is 4.15. The Morgan fingerprint density at radius 2 is 1.96 bits per heavy atom. The number of nitrogens with one attached hydrogen (secondary N) is 1. The lowest BCUT2D eigenvalue weighted by molar-refractivity contribution is -0.117. The van der Waals surface area contributed by atoms with E-state index in [0.717, 1.165) is 37.9 Å². The maximum absolute atomic E-state index is 12.5. The van der Waals surface area contributed by atoms with E-state index in [1.807, 2.05) is 30.9 Å². The van der Waals surface area contributed by atoms with E-state index in [2.05, 4.69) is 5.32 Å². The summed E-state index contributed by atoms with van der Waals surface area (Å²) in [6.07, 6.45) is 3.64. The van der Waals surface area contributed by atoms with E-state index in [0.29, 0.717) is 17.7 Å². The Morgan fingerprint density at radius 3 is 2.57 bits per heavy atom. The molecule has 0 radical (unpaired) electrons. The predicted molar refractivity (Wildman–Crippen MR) is 95.1 cm³/mol. The molecule has 0 aromatic heterocycles. The average molecular weight is 340 g/mol. The van der Waals surface area contributed by atoms with Crippen molar-refractivity contribution in [1.29, 1.82) is 0 Å². The Hall–Kier alpha value is -1.59. The molecule has 1 atom stereocenters. The molecule has 0 bridgehead atoms. The van der Waals surface area contributed by atoms with Crippen LogP contribution in [0.25, 0.3) is 0 Å². The van der Waals surface area contributed by atoms with Crippen molar-refractivity contribution < 1.29 is 9.59 Å². The molecule has 1 heterocycles. The maximum atomic E-state index is 12.5. The molecule has 3 N–H and O–H groups in total. The van der Waals surface area contributed by atoms with E-state index in [4.69, 9.17) is 5.73 Å². The number of carbonyl (C=O) groups is 2.